The number of anilines is 2. The zero-order valence-electron chi connectivity index (χ0n) is 41.9. The van der Waals surface area contributed by atoms with Crippen molar-refractivity contribution in [1.82, 2.24) is 45.2 Å². The van der Waals surface area contributed by atoms with Gasteiger partial charge in [0.05, 0.1) is 22.2 Å². The number of ether oxygens (including phenoxy) is 1. The van der Waals surface area contributed by atoms with E-state index in [1.165, 1.54) is 12.8 Å². The average Bonchev–Trinajstić information content (AvgIpc) is 3.88. The number of imide groups is 2. The van der Waals surface area contributed by atoms with Gasteiger partial charge in [-0.25, -0.2) is 4.39 Å². The maximum atomic E-state index is 17.2. The second-order valence-corrected chi connectivity index (χ2v) is 22.5. The standard InChI is InChI=1S/C56H64FN11O6/c1-63-30-38(65-19-17-64(18-20-65)27-32-13-15-66(16-14-32)45-8-4-7-42-48(45)55(73)68(54(42)72)46-11-12-47(70)60-53(46)71)24-39(63)31-74-56-61-51-44(52(62-56)67-28-36-21-33-9-10-34(33)22-37(29-67)59-36)26-58-50(49(51)57)43-25-40(69)23-35-5-2-3-6-41(35)43/h2-8,23,25-26,32-34,36-39,46,59,69H,9-22,24,27-31H2,1H3,(H,60,70,71)/t33?,34?,36?,37?,38-,39-,46?/m1/s1. The number of nitrogens with zero attached hydrogens (tertiary/aromatic N) is 9. The zero-order valence-corrected chi connectivity index (χ0v) is 41.9. The van der Waals surface area contributed by atoms with Gasteiger partial charge in [0, 0.05) is 108 Å². The highest BCUT2D eigenvalue weighted by molar-refractivity contribution is 6.25. The summed E-state index contributed by atoms with van der Waals surface area (Å²) in [5, 5.41) is 19.0. The van der Waals surface area contributed by atoms with Crippen LogP contribution in [0.15, 0.2) is 60.8 Å². The third-order valence-corrected chi connectivity index (χ3v) is 18.1. The lowest BCUT2D eigenvalue weighted by Gasteiger charge is -2.41. The van der Waals surface area contributed by atoms with E-state index >= 15 is 4.39 Å². The third-order valence-electron chi connectivity index (χ3n) is 18.1. The van der Waals surface area contributed by atoms with Crippen molar-refractivity contribution in [3.63, 3.8) is 0 Å². The summed E-state index contributed by atoms with van der Waals surface area (Å²) in [6, 6.07) is 16.6. The lowest BCUT2D eigenvalue weighted by molar-refractivity contribution is -0.136. The molecule has 18 heteroatoms. The first-order valence-electron chi connectivity index (χ1n) is 27.0. The molecular formula is C56H64FN11O6. The van der Waals surface area contributed by atoms with Gasteiger partial charge in [-0.15, -0.1) is 0 Å². The number of likely N-dealkylation sites (N-methyl/N-ethyl adjacent to an activating group) is 1. The number of piperidine rings is 2. The molecule has 9 heterocycles. The fraction of sp³-hybridized carbons (Fsp3) is 0.518. The number of fused-ring (bicyclic) bond motifs is 6. The van der Waals surface area contributed by atoms with Crippen LogP contribution in [0.1, 0.15) is 78.5 Å². The first-order valence-corrected chi connectivity index (χ1v) is 27.0. The Hall–Kier alpha value is -6.34. The molecule has 8 aliphatic rings. The van der Waals surface area contributed by atoms with E-state index in [4.69, 9.17) is 19.7 Å². The van der Waals surface area contributed by atoms with Crippen LogP contribution in [0.25, 0.3) is 32.9 Å². The number of hydrogen-bond acceptors (Lipinski definition) is 15. The van der Waals surface area contributed by atoms with Gasteiger partial charge in [-0.3, -0.25) is 44.2 Å². The number of halogens is 1. The fourth-order valence-electron chi connectivity index (χ4n) is 14.0. The van der Waals surface area contributed by atoms with Gasteiger partial charge in [-0.1, -0.05) is 30.3 Å². The number of benzene rings is 3. The molecule has 1 saturated carbocycles. The van der Waals surface area contributed by atoms with Crippen LogP contribution in [0.3, 0.4) is 0 Å². The number of aromatic nitrogens is 3. The zero-order chi connectivity index (χ0) is 50.4. The second kappa shape index (κ2) is 19.1. The normalized spacial score (nSPS) is 28.1. The molecule has 0 spiro atoms. The number of rotatable bonds is 10. The van der Waals surface area contributed by atoms with Crippen molar-refractivity contribution in [3.05, 3.63) is 77.7 Å². The summed E-state index contributed by atoms with van der Waals surface area (Å²) < 4.78 is 23.8. The Morgan fingerprint density at radius 1 is 0.784 bits per heavy atom. The van der Waals surface area contributed by atoms with Gasteiger partial charge in [0.15, 0.2) is 5.82 Å². The fourth-order valence-corrected chi connectivity index (χ4v) is 14.0. The summed E-state index contributed by atoms with van der Waals surface area (Å²) in [6.07, 6.45) is 9.68. The highest BCUT2D eigenvalue weighted by Crippen LogP contribution is 2.45. The summed E-state index contributed by atoms with van der Waals surface area (Å²) in [5.41, 5.74) is 2.20. The summed E-state index contributed by atoms with van der Waals surface area (Å²) >= 11 is 0. The van der Waals surface area contributed by atoms with Crippen molar-refractivity contribution in [2.45, 2.75) is 88.0 Å². The molecule has 7 aliphatic heterocycles. The lowest BCUT2D eigenvalue weighted by Crippen LogP contribution is -2.56. The Balaban J connectivity index is 0.651. The number of phenols is 1. The van der Waals surface area contributed by atoms with Crippen LogP contribution in [0.2, 0.25) is 0 Å². The van der Waals surface area contributed by atoms with E-state index in [1.807, 2.05) is 36.4 Å². The van der Waals surface area contributed by atoms with E-state index in [2.05, 4.69) is 42.2 Å². The second-order valence-electron chi connectivity index (χ2n) is 22.5. The van der Waals surface area contributed by atoms with E-state index in [1.54, 1.807) is 24.4 Å². The smallest absolute Gasteiger partial charge is 0.319 e. The summed E-state index contributed by atoms with van der Waals surface area (Å²) in [6.45, 7) is 9.33. The SMILES string of the molecule is CN1C[C@H](N2CCN(CC3CCN(c4cccc5c4C(=O)N(C4CCC(=O)NC4=O)C5=O)CC3)CC2)C[C@@H]1COc1nc(N2CC3CC4CCC4CC(C2)N3)c2cnc(-c3cc(O)cc4ccccc34)c(F)c2n1. The molecule has 6 saturated heterocycles. The van der Waals surface area contributed by atoms with Crippen LogP contribution in [0.5, 0.6) is 11.8 Å². The number of phenolic OH excluding ortho intramolecular Hbond substituents is 1. The van der Waals surface area contributed by atoms with Gasteiger partial charge in [0.2, 0.25) is 11.8 Å². The van der Waals surface area contributed by atoms with Crippen LogP contribution in [-0.2, 0) is 9.59 Å². The molecule has 1 aliphatic carbocycles. The van der Waals surface area contributed by atoms with Gasteiger partial charge in [-0.05, 0) is 111 Å². The highest BCUT2D eigenvalue weighted by atomic mass is 19.1. The number of hydrogen-bond donors (Lipinski definition) is 3. The van der Waals surface area contributed by atoms with Gasteiger partial charge >= 0.3 is 6.01 Å². The molecule has 2 bridgehead atoms. The molecule has 5 unspecified atom stereocenters. The number of nitrogens with one attached hydrogen (secondary N) is 2. The molecule has 2 aromatic heterocycles. The maximum Gasteiger partial charge on any atom is 0.319 e. The van der Waals surface area contributed by atoms with Crippen LogP contribution >= 0.6 is 0 Å². The molecule has 17 nitrogen and oxygen atoms in total. The number of aromatic hydroxyl groups is 1. The molecule has 7 fully saturated rings. The summed E-state index contributed by atoms with van der Waals surface area (Å²) in [5.74, 6) is 0.244. The van der Waals surface area contributed by atoms with Crippen molar-refractivity contribution >= 4 is 56.8 Å². The minimum Gasteiger partial charge on any atom is -0.508 e. The maximum absolute atomic E-state index is 17.2. The van der Waals surface area contributed by atoms with Gasteiger partial charge in [0.25, 0.3) is 11.8 Å². The minimum absolute atomic E-state index is 0.0392. The van der Waals surface area contributed by atoms with Crippen LogP contribution < -0.4 is 25.2 Å². The number of pyridine rings is 1. The molecule has 7 atom stereocenters. The van der Waals surface area contributed by atoms with E-state index in [-0.39, 0.29) is 47.8 Å². The number of carbonyl (C=O) groups is 4. The van der Waals surface area contributed by atoms with Gasteiger partial charge in [-0.2, -0.15) is 9.97 Å². The minimum atomic E-state index is -0.987. The summed E-state index contributed by atoms with van der Waals surface area (Å²) in [4.78, 5) is 79.5. The topological polar surface area (TPSA) is 180 Å². The highest BCUT2D eigenvalue weighted by Gasteiger charge is 2.47. The quantitative estimate of drug-likeness (QED) is 0.158. The number of amides is 4. The largest absolute Gasteiger partial charge is 0.508 e. The molecule has 3 N–H and O–H groups in total. The Morgan fingerprint density at radius 3 is 2.31 bits per heavy atom. The predicted octanol–water partition coefficient (Wildman–Crippen LogP) is 5.04. The molecule has 4 amide bonds. The molecule has 3 aromatic carbocycles. The number of carbonyl (C=O) groups excluding carboxylic acids is 4. The van der Waals surface area contributed by atoms with Gasteiger partial charge in [0.1, 0.15) is 35.4 Å². The van der Waals surface area contributed by atoms with Crippen molar-refractivity contribution in [2.24, 2.45) is 17.8 Å². The van der Waals surface area contributed by atoms with Crippen molar-refractivity contribution in [1.29, 1.82) is 0 Å². The number of piperazine rings is 2. The van der Waals surface area contributed by atoms with Crippen molar-refractivity contribution in [3.8, 4) is 23.0 Å². The Morgan fingerprint density at radius 2 is 1.55 bits per heavy atom. The first kappa shape index (κ1) is 47.4. The van der Waals surface area contributed by atoms with Gasteiger partial charge < -0.3 is 29.9 Å². The molecule has 74 heavy (non-hydrogen) atoms. The Kier molecular flexibility index (Phi) is 12.2. The monoisotopic (exact) mass is 1010 g/mol. The van der Waals surface area contributed by atoms with Crippen molar-refractivity contribution in [2.75, 3.05) is 88.9 Å². The molecule has 13 rings (SSSR count). The first-order chi connectivity index (χ1) is 36.0. The number of likely N-dealkylation sites (tertiary alicyclic amines) is 1. The Bertz CT molecular complexity index is 3050. The van der Waals surface area contributed by atoms with E-state index in [0.29, 0.717) is 58.5 Å². The Labute approximate surface area is 429 Å². The molecule has 5 aromatic rings. The van der Waals surface area contributed by atoms with E-state index in [0.717, 1.165) is 131 Å². The average molecular weight is 1010 g/mol. The molecular weight excluding hydrogens is 942 g/mol. The van der Waals surface area contributed by atoms with Crippen molar-refractivity contribution < 1.29 is 33.4 Å². The lowest BCUT2D eigenvalue weighted by atomic mass is 9.69. The van der Waals surface area contributed by atoms with Crippen LogP contribution in [0.4, 0.5) is 15.9 Å². The van der Waals surface area contributed by atoms with E-state index in [9.17, 15) is 24.3 Å². The molecule has 0 radical (unpaired) electrons. The molecule has 386 valence electrons. The summed E-state index contributed by atoms with van der Waals surface area (Å²) in [7, 11) is 2.15. The van der Waals surface area contributed by atoms with Crippen LogP contribution in [0, 0.1) is 23.6 Å². The van der Waals surface area contributed by atoms with E-state index < -0.39 is 29.6 Å². The van der Waals surface area contributed by atoms with Crippen LogP contribution in [-0.4, -0.2) is 173 Å². The predicted molar refractivity (Wildman–Crippen MR) is 277 cm³/mol. The third kappa shape index (κ3) is 8.60.